The Hall–Kier alpha value is -2.99. The van der Waals surface area contributed by atoms with Crippen molar-refractivity contribution in [3.8, 4) is 0 Å². The number of para-hydroxylation sites is 1. The molecule has 0 amide bonds. The number of aryl methyl sites for hydroxylation is 1. The van der Waals surface area contributed by atoms with E-state index in [1.54, 1.807) is 12.1 Å². The Bertz CT molecular complexity index is 1140. The van der Waals surface area contributed by atoms with Gasteiger partial charge in [-0.2, -0.15) is 5.10 Å². The van der Waals surface area contributed by atoms with Crippen LogP contribution >= 0.6 is 0 Å². The van der Waals surface area contributed by atoms with E-state index in [1.807, 2.05) is 23.0 Å². The van der Waals surface area contributed by atoms with Crippen LogP contribution in [0.25, 0.3) is 11.1 Å². The van der Waals surface area contributed by atoms with Crippen LogP contribution in [0.15, 0.2) is 59.3 Å². The highest BCUT2D eigenvalue weighted by molar-refractivity contribution is 5.76. The van der Waals surface area contributed by atoms with Gasteiger partial charge in [0, 0.05) is 24.2 Å². The number of hydrogen-bond donors (Lipinski definition) is 0. The zero-order valence-electron chi connectivity index (χ0n) is 17.1. The van der Waals surface area contributed by atoms with Crippen LogP contribution in [-0.4, -0.2) is 32.8 Å². The van der Waals surface area contributed by atoms with Gasteiger partial charge in [0.2, 0.25) is 0 Å². The summed E-state index contributed by atoms with van der Waals surface area (Å²) in [6.45, 7) is 5.65. The number of nitrogens with zero attached hydrogens (tertiary/aromatic N) is 4. The molecule has 6 heteroatoms. The van der Waals surface area contributed by atoms with Gasteiger partial charge in [-0.05, 0) is 62.2 Å². The molecule has 0 radical (unpaired) electrons. The fourth-order valence-corrected chi connectivity index (χ4v) is 4.23. The number of oxazole rings is 1. The number of piperidine rings is 1. The molecular formula is C24H25FN4O. The van der Waals surface area contributed by atoms with Crippen LogP contribution in [0.4, 0.5) is 4.39 Å². The first-order chi connectivity index (χ1) is 14.6. The van der Waals surface area contributed by atoms with Gasteiger partial charge in [0.15, 0.2) is 11.5 Å². The van der Waals surface area contributed by atoms with Crippen LogP contribution in [-0.2, 0) is 13.1 Å². The highest BCUT2D eigenvalue weighted by Crippen LogP contribution is 2.31. The summed E-state index contributed by atoms with van der Waals surface area (Å²) < 4.78 is 21.1. The van der Waals surface area contributed by atoms with E-state index in [2.05, 4.69) is 29.2 Å². The maximum Gasteiger partial charge on any atom is 0.198 e. The van der Waals surface area contributed by atoms with Gasteiger partial charge in [-0.3, -0.25) is 9.58 Å². The molecule has 0 unspecified atom stereocenters. The fourth-order valence-electron chi connectivity index (χ4n) is 4.23. The monoisotopic (exact) mass is 404 g/mol. The van der Waals surface area contributed by atoms with Crippen LogP contribution < -0.4 is 0 Å². The number of aromatic nitrogens is 3. The van der Waals surface area contributed by atoms with Crippen LogP contribution in [0.1, 0.15) is 41.3 Å². The Morgan fingerprint density at radius 3 is 2.60 bits per heavy atom. The maximum atomic E-state index is 13.1. The van der Waals surface area contributed by atoms with Crippen molar-refractivity contribution in [1.82, 2.24) is 19.7 Å². The zero-order valence-corrected chi connectivity index (χ0v) is 17.1. The van der Waals surface area contributed by atoms with Gasteiger partial charge < -0.3 is 4.42 Å². The summed E-state index contributed by atoms with van der Waals surface area (Å²) in [5, 5.41) is 4.47. The Labute approximate surface area is 175 Å². The van der Waals surface area contributed by atoms with Gasteiger partial charge >= 0.3 is 0 Å². The lowest BCUT2D eigenvalue weighted by molar-refractivity contribution is 0.194. The summed E-state index contributed by atoms with van der Waals surface area (Å²) in [7, 11) is 0. The predicted molar refractivity (Wildman–Crippen MR) is 114 cm³/mol. The number of likely N-dealkylation sites (tertiary alicyclic amines) is 1. The largest absolute Gasteiger partial charge is 0.440 e. The standard InChI is InChI=1S/C24H25FN4O/c1-17-3-2-4-22-23(17)30-24(27-22)20-9-11-28(12-10-20)14-19-13-26-29(16-19)15-18-5-7-21(25)8-6-18/h2-8,13,16,20H,9-12,14-15H2,1H3. The molecule has 3 heterocycles. The fraction of sp³-hybridized carbons (Fsp3) is 0.333. The normalized spacial score (nSPS) is 15.8. The minimum atomic E-state index is -0.212. The van der Waals surface area contributed by atoms with E-state index in [-0.39, 0.29) is 5.82 Å². The molecule has 0 saturated carbocycles. The Morgan fingerprint density at radius 1 is 1.03 bits per heavy atom. The second-order valence-corrected chi connectivity index (χ2v) is 8.20. The van der Waals surface area contributed by atoms with Crippen LogP contribution in [0.3, 0.4) is 0 Å². The Kier molecular flexibility index (Phi) is 5.09. The molecule has 1 aliphatic heterocycles. The molecule has 2 aromatic carbocycles. The van der Waals surface area contributed by atoms with E-state index in [0.29, 0.717) is 12.5 Å². The van der Waals surface area contributed by atoms with Gasteiger partial charge in [0.25, 0.3) is 0 Å². The summed E-state index contributed by atoms with van der Waals surface area (Å²) in [5.74, 6) is 1.05. The molecule has 0 atom stereocenters. The van der Waals surface area contributed by atoms with Crippen molar-refractivity contribution < 1.29 is 8.81 Å². The molecule has 5 nitrogen and oxygen atoms in total. The minimum absolute atomic E-state index is 0.212. The van der Waals surface area contributed by atoms with E-state index in [0.717, 1.165) is 60.6 Å². The average Bonchev–Trinajstić information content (AvgIpc) is 3.38. The molecule has 1 fully saturated rings. The molecule has 1 aliphatic rings. The van der Waals surface area contributed by atoms with Gasteiger partial charge in [-0.1, -0.05) is 24.3 Å². The number of rotatable bonds is 5. The highest BCUT2D eigenvalue weighted by Gasteiger charge is 2.25. The number of hydrogen-bond acceptors (Lipinski definition) is 4. The van der Waals surface area contributed by atoms with Gasteiger partial charge in [0.05, 0.1) is 12.7 Å². The molecule has 0 N–H and O–H groups in total. The maximum absolute atomic E-state index is 13.1. The second-order valence-electron chi connectivity index (χ2n) is 8.20. The summed E-state index contributed by atoms with van der Waals surface area (Å²) in [6.07, 6.45) is 6.11. The molecule has 5 rings (SSSR count). The third-order valence-corrected chi connectivity index (χ3v) is 5.92. The van der Waals surface area contributed by atoms with E-state index in [1.165, 1.54) is 17.7 Å². The molecule has 0 spiro atoms. The molecule has 1 saturated heterocycles. The first kappa shape index (κ1) is 19.0. The molecule has 0 aliphatic carbocycles. The first-order valence-corrected chi connectivity index (χ1v) is 10.5. The van der Waals surface area contributed by atoms with Crippen molar-refractivity contribution in [3.05, 3.63) is 83.3 Å². The van der Waals surface area contributed by atoms with Crippen LogP contribution in [0, 0.1) is 12.7 Å². The predicted octanol–water partition coefficient (Wildman–Crippen LogP) is 4.90. The van der Waals surface area contributed by atoms with Gasteiger partial charge in [-0.25, -0.2) is 9.37 Å². The molecule has 0 bridgehead atoms. The summed E-state index contributed by atoms with van der Waals surface area (Å²) >= 11 is 0. The van der Waals surface area contributed by atoms with Crippen molar-refractivity contribution in [2.45, 2.75) is 38.8 Å². The zero-order chi connectivity index (χ0) is 20.5. The number of halogens is 1. The quantitative estimate of drug-likeness (QED) is 0.475. The number of fused-ring (bicyclic) bond motifs is 1. The summed E-state index contributed by atoms with van der Waals surface area (Å²) in [5.41, 5.74) is 5.26. The smallest absolute Gasteiger partial charge is 0.198 e. The second kappa shape index (κ2) is 8.03. The SMILES string of the molecule is Cc1cccc2nc(C3CCN(Cc4cnn(Cc5ccc(F)cc5)c4)CC3)oc12. The van der Waals surface area contributed by atoms with E-state index < -0.39 is 0 Å². The molecule has 4 aromatic rings. The van der Waals surface area contributed by atoms with Crippen molar-refractivity contribution in [2.24, 2.45) is 0 Å². The Morgan fingerprint density at radius 2 is 1.83 bits per heavy atom. The van der Waals surface area contributed by atoms with Crippen LogP contribution in [0.5, 0.6) is 0 Å². The highest BCUT2D eigenvalue weighted by atomic mass is 19.1. The lowest BCUT2D eigenvalue weighted by Crippen LogP contribution is -2.32. The van der Waals surface area contributed by atoms with Gasteiger partial charge in [0.1, 0.15) is 11.3 Å². The molecular weight excluding hydrogens is 379 g/mol. The topological polar surface area (TPSA) is 47.1 Å². The number of benzene rings is 2. The third-order valence-electron chi connectivity index (χ3n) is 5.92. The van der Waals surface area contributed by atoms with Crippen molar-refractivity contribution >= 4 is 11.1 Å². The summed E-state index contributed by atoms with van der Waals surface area (Å²) in [6, 6.07) is 12.7. The van der Waals surface area contributed by atoms with Crippen molar-refractivity contribution in [3.63, 3.8) is 0 Å². The lowest BCUT2D eigenvalue weighted by Gasteiger charge is -2.30. The van der Waals surface area contributed by atoms with Crippen molar-refractivity contribution in [2.75, 3.05) is 13.1 Å². The Balaban J connectivity index is 1.17. The summed E-state index contributed by atoms with van der Waals surface area (Å²) in [4.78, 5) is 7.19. The third kappa shape index (κ3) is 4.00. The van der Waals surface area contributed by atoms with Gasteiger partial charge in [-0.15, -0.1) is 0 Å². The van der Waals surface area contributed by atoms with Crippen molar-refractivity contribution in [1.29, 1.82) is 0 Å². The van der Waals surface area contributed by atoms with E-state index >= 15 is 0 Å². The lowest BCUT2D eigenvalue weighted by atomic mass is 9.96. The first-order valence-electron chi connectivity index (χ1n) is 10.5. The average molecular weight is 404 g/mol. The van der Waals surface area contributed by atoms with Crippen LogP contribution in [0.2, 0.25) is 0 Å². The van der Waals surface area contributed by atoms with E-state index in [4.69, 9.17) is 9.40 Å². The molecule has 154 valence electrons. The minimum Gasteiger partial charge on any atom is -0.440 e. The van der Waals surface area contributed by atoms with E-state index in [9.17, 15) is 4.39 Å². The molecule has 30 heavy (non-hydrogen) atoms. The molecule has 2 aromatic heterocycles.